The summed E-state index contributed by atoms with van der Waals surface area (Å²) < 4.78 is 19.1. The highest BCUT2D eigenvalue weighted by atomic mass is 35.5. The van der Waals surface area contributed by atoms with E-state index in [1.54, 1.807) is 12.0 Å². The smallest absolute Gasteiger partial charge is 0.258 e. The van der Waals surface area contributed by atoms with Crippen LogP contribution in [-0.2, 0) is 0 Å². The first-order valence-electron chi connectivity index (χ1n) is 7.72. The SMILES string of the molecule is COc1ccc(N2CCN(C(=O)c3c(F)cccc3Cl)CC2)cc1. The van der Waals surface area contributed by atoms with Gasteiger partial charge in [-0.3, -0.25) is 4.79 Å². The zero-order valence-corrected chi connectivity index (χ0v) is 14.1. The van der Waals surface area contributed by atoms with Gasteiger partial charge in [-0.2, -0.15) is 0 Å². The van der Waals surface area contributed by atoms with Crippen molar-refractivity contribution in [3.8, 4) is 5.75 Å². The molecule has 1 fully saturated rings. The van der Waals surface area contributed by atoms with Crippen LogP contribution in [-0.4, -0.2) is 44.1 Å². The van der Waals surface area contributed by atoms with Crippen LogP contribution in [0.1, 0.15) is 10.4 Å². The summed E-state index contributed by atoms with van der Waals surface area (Å²) in [5.41, 5.74) is 1.03. The Kier molecular flexibility index (Phi) is 4.90. The highest BCUT2D eigenvalue weighted by Crippen LogP contribution is 2.24. The number of halogens is 2. The first-order chi connectivity index (χ1) is 11.6. The second kappa shape index (κ2) is 7.09. The van der Waals surface area contributed by atoms with Gasteiger partial charge < -0.3 is 14.5 Å². The second-order valence-electron chi connectivity index (χ2n) is 5.57. The third-order valence-electron chi connectivity index (χ3n) is 4.18. The largest absolute Gasteiger partial charge is 0.497 e. The Bertz CT molecular complexity index is 708. The first kappa shape index (κ1) is 16.6. The summed E-state index contributed by atoms with van der Waals surface area (Å²) in [7, 11) is 1.63. The quantitative estimate of drug-likeness (QED) is 0.851. The summed E-state index contributed by atoms with van der Waals surface area (Å²) in [6.07, 6.45) is 0. The lowest BCUT2D eigenvalue weighted by atomic mass is 10.1. The molecule has 0 radical (unpaired) electrons. The molecule has 0 aliphatic carbocycles. The molecule has 0 N–H and O–H groups in total. The lowest BCUT2D eigenvalue weighted by molar-refractivity contribution is 0.0742. The number of hydrogen-bond donors (Lipinski definition) is 0. The molecule has 126 valence electrons. The van der Waals surface area contributed by atoms with Crippen molar-refractivity contribution in [1.82, 2.24) is 4.90 Å². The Morgan fingerprint density at radius 1 is 1.08 bits per heavy atom. The summed E-state index contributed by atoms with van der Waals surface area (Å²) in [4.78, 5) is 16.4. The van der Waals surface area contributed by atoms with Crippen molar-refractivity contribution < 1.29 is 13.9 Å². The number of methoxy groups -OCH3 is 1. The molecule has 0 unspecified atom stereocenters. The van der Waals surface area contributed by atoms with E-state index >= 15 is 0 Å². The summed E-state index contributed by atoms with van der Waals surface area (Å²) >= 11 is 5.99. The van der Waals surface area contributed by atoms with E-state index < -0.39 is 5.82 Å². The van der Waals surface area contributed by atoms with Crippen molar-refractivity contribution in [3.05, 3.63) is 58.9 Å². The topological polar surface area (TPSA) is 32.8 Å². The number of nitrogens with zero attached hydrogens (tertiary/aromatic N) is 2. The highest BCUT2D eigenvalue weighted by molar-refractivity contribution is 6.33. The maximum atomic E-state index is 13.9. The first-order valence-corrected chi connectivity index (χ1v) is 8.10. The van der Waals surface area contributed by atoms with Crippen molar-refractivity contribution in [2.75, 3.05) is 38.2 Å². The Hall–Kier alpha value is -2.27. The zero-order chi connectivity index (χ0) is 17.1. The second-order valence-corrected chi connectivity index (χ2v) is 5.98. The lowest BCUT2D eigenvalue weighted by Crippen LogP contribution is -2.49. The van der Waals surface area contributed by atoms with Crippen LogP contribution in [0.25, 0.3) is 0 Å². The van der Waals surface area contributed by atoms with E-state index in [0.717, 1.165) is 11.4 Å². The molecule has 1 aliphatic rings. The van der Waals surface area contributed by atoms with Gasteiger partial charge in [-0.15, -0.1) is 0 Å². The molecule has 0 saturated carbocycles. The summed E-state index contributed by atoms with van der Waals surface area (Å²) in [5.74, 6) is -0.126. The Labute approximate surface area is 145 Å². The molecular formula is C18H18ClFN2O2. The third-order valence-corrected chi connectivity index (χ3v) is 4.50. The average Bonchev–Trinajstić information content (AvgIpc) is 2.62. The molecule has 0 spiro atoms. The molecule has 1 heterocycles. The monoisotopic (exact) mass is 348 g/mol. The van der Waals surface area contributed by atoms with Gasteiger partial charge in [0.25, 0.3) is 5.91 Å². The van der Waals surface area contributed by atoms with Gasteiger partial charge in [0.05, 0.1) is 17.7 Å². The number of benzene rings is 2. The van der Waals surface area contributed by atoms with Gasteiger partial charge in [0.2, 0.25) is 0 Å². The van der Waals surface area contributed by atoms with E-state index in [2.05, 4.69) is 4.90 Å². The number of ether oxygens (including phenoxy) is 1. The van der Waals surface area contributed by atoms with E-state index in [9.17, 15) is 9.18 Å². The van der Waals surface area contributed by atoms with E-state index in [1.807, 2.05) is 24.3 Å². The van der Waals surface area contributed by atoms with Gasteiger partial charge in [0.1, 0.15) is 11.6 Å². The van der Waals surface area contributed by atoms with E-state index in [4.69, 9.17) is 16.3 Å². The predicted octanol–water partition coefficient (Wildman–Crippen LogP) is 3.45. The fraction of sp³-hybridized carbons (Fsp3) is 0.278. The van der Waals surface area contributed by atoms with Crippen LogP contribution in [0.15, 0.2) is 42.5 Å². The normalized spacial score (nSPS) is 14.6. The number of rotatable bonds is 3. The van der Waals surface area contributed by atoms with Crippen LogP contribution in [0.2, 0.25) is 5.02 Å². The van der Waals surface area contributed by atoms with Crippen LogP contribution < -0.4 is 9.64 Å². The van der Waals surface area contributed by atoms with Gasteiger partial charge >= 0.3 is 0 Å². The van der Waals surface area contributed by atoms with Crippen LogP contribution in [0.4, 0.5) is 10.1 Å². The number of piperazine rings is 1. The van der Waals surface area contributed by atoms with Crippen LogP contribution in [0.3, 0.4) is 0 Å². The van der Waals surface area contributed by atoms with E-state index in [0.29, 0.717) is 26.2 Å². The van der Waals surface area contributed by atoms with Crippen molar-refractivity contribution in [2.24, 2.45) is 0 Å². The van der Waals surface area contributed by atoms with Crippen LogP contribution in [0.5, 0.6) is 5.75 Å². The number of carbonyl (C=O) groups excluding carboxylic acids is 1. The molecule has 0 atom stereocenters. The molecule has 2 aromatic rings. The fourth-order valence-electron chi connectivity index (χ4n) is 2.82. The molecule has 1 aliphatic heterocycles. The average molecular weight is 349 g/mol. The maximum absolute atomic E-state index is 13.9. The minimum absolute atomic E-state index is 0.0444. The fourth-order valence-corrected chi connectivity index (χ4v) is 3.06. The van der Waals surface area contributed by atoms with Gasteiger partial charge in [-0.05, 0) is 36.4 Å². The van der Waals surface area contributed by atoms with Gasteiger partial charge in [0, 0.05) is 31.9 Å². The minimum atomic E-state index is -0.579. The zero-order valence-electron chi connectivity index (χ0n) is 13.3. The molecule has 1 amide bonds. The molecule has 24 heavy (non-hydrogen) atoms. The Morgan fingerprint density at radius 2 is 1.75 bits per heavy atom. The number of hydrogen-bond acceptors (Lipinski definition) is 3. The summed E-state index contributed by atoms with van der Waals surface area (Å²) in [5, 5.41) is 0.151. The van der Waals surface area contributed by atoms with Crippen molar-refractivity contribution >= 4 is 23.2 Å². The van der Waals surface area contributed by atoms with Crippen molar-refractivity contribution in [3.63, 3.8) is 0 Å². The Balaban J connectivity index is 1.67. The maximum Gasteiger partial charge on any atom is 0.258 e. The number of carbonyl (C=O) groups is 1. The van der Waals surface area contributed by atoms with Gasteiger partial charge in [-0.25, -0.2) is 4.39 Å². The van der Waals surface area contributed by atoms with E-state index in [1.165, 1.54) is 18.2 Å². The molecule has 1 saturated heterocycles. The molecule has 3 rings (SSSR count). The molecule has 0 aromatic heterocycles. The third kappa shape index (κ3) is 3.31. The predicted molar refractivity (Wildman–Crippen MR) is 92.5 cm³/mol. The lowest BCUT2D eigenvalue weighted by Gasteiger charge is -2.36. The van der Waals surface area contributed by atoms with Crippen molar-refractivity contribution in [2.45, 2.75) is 0 Å². The van der Waals surface area contributed by atoms with Gasteiger partial charge in [0.15, 0.2) is 0 Å². The molecule has 6 heteroatoms. The number of anilines is 1. The number of amides is 1. The molecule has 2 aromatic carbocycles. The molecule has 4 nitrogen and oxygen atoms in total. The summed E-state index contributed by atoms with van der Waals surface area (Å²) in [6.45, 7) is 2.42. The van der Waals surface area contributed by atoms with E-state index in [-0.39, 0.29) is 16.5 Å². The molecule has 0 bridgehead atoms. The summed E-state index contributed by atoms with van der Waals surface area (Å²) in [6, 6.07) is 12.1. The Morgan fingerprint density at radius 3 is 2.33 bits per heavy atom. The standard InChI is InChI=1S/C18H18ClFN2O2/c1-24-14-7-5-13(6-8-14)21-9-11-22(12-10-21)18(23)17-15(19)3-2-4-16(17)20/h2-8H,9-12H2,1H3. The van der Waals surface area contributed by atoms with Crippen molar-refractivity contribution in [1.29, 1.82) is 0 Å². The van der Waals surface area contributed by atoms with Gasteiger partial charge in [-0.1, -0.05) is 17.7 Å². The van der Waals surface area contributed by atoms with Crippen LogP contribution in [0, 0.1) is 5.82 Å². The highest BCUT2D eigenvalue weighted by Gasteiger charge is 2.25. The molecular weight excluding hydrogens is 331 g/mol. The minimum Gasteiger partial charge on any atom is -0.497 e. The van der Waals surface area contributed by atoms with Crippen LogP contribution >= 0.6 is 11.6 Å².